The molecule has 134 heavy (non-hydrogen) atoms. The van der Waals surface area contributed by atoms with Crippen molar-refractivity contribution >= 4 is 120 Å². The van der Waals surface area contributed by atoms with Gasteiger partial charge in [-0.05, 0) is 153 Å². The van der Waals surface area contributed by atoms with Gasteiger partial charge in [0.05, 0.1) is 44.0 Å². The lowest BCUT2D eigenvalue weighted by Crippen LogP contribution is -2.16. The summed E-state index contributed by atoms with van der Waals surface area (Å²) in [6, 6.07) is 85.7. The minimum Gasteiger partial charge on any atom is -0.360 e. The van der Waals surface area contributed by atoms with Crippen LogP contribution in [0.3, 0.4) is 0 Å². The number of nitrogens with zero attached hydrogens (tertiary/aromatic N) is 12. The van der Waals surface area contributed by atoms with E-state index in [1.807, 2.05) is 84.1 Å². The van der Waals surface area contributed by atoms with E-state index in [4.69, 9.17) is 9.05 Å². The molecule has 0 saturated heterocycles. The van der Waals surface area contributed by atoms with E-state index < -0.39 is 0 Å². The van der Waals surface area contributed by atoms with Gasteiger partial charge >= 0.3 is 0 Å². The molecule has 704 valence electrons. The molecule has 0 aliphatic carbocycles. The van der Waals surface area contributed by atoms with Crippen molar-refractivity contribution in [3.63, 3.8) is 0 Å². The number of aromatic nitrogens is 12. The molecule has 20 rings (SSSR count). The highest BCUT2D eigenvalue weighted by Crippen LogP contribution is 2.39. The van der Waals surface area contributed by atoms with Crippen molar-refractivity contribution in [1.29, 1.82) is 0 Å². The Morgan fingerprint density at radius 1 is 0.276 bits per heavy atom. The maximum absolute atomic E-state index is 5.33. The average Bonchev–Trinajstić information content (AvgIpc) is 1.63. The maximum atomic E-state index is 5.33. The highest BCUT2D eigenvalue weighted by molar-refractivity contribution is 7.13. The van der Waals surface area contributed by atoms with E-state index in [1.165, 1.54) is 109 Å². The summed E-state index contributed by atoms with van der Waals surface area (Å²) in [5.41, 5.74) is 21.0. The minimum absolute atomic E-state index is 0.0239. The first kappa shape index (κ1) is 103. The summed E-state index contributed by atoms with van der Waals surface area (Å²) >= 11 is 3.21. The molecular weight excluding hydrogens is 1680 g/mol. The second-order valence-corrected chi connectivity index (χ2v) is 47.0. The fourth-order valence-corrected chi connectivity index (χ4v) is 18.9. The van der Waals surface area contributed by atoms with Gasteiger partial charge in [0.25, 0.3) is 0 Å². The molecule has 12 heterocycles. The molecule has 0 amide bonds. The van der Waals surface area contributed by atoms with E-state index in [9.17, 15) is 0 Å². The summed E-state index contributed by atoms with van der Waals surface area (Å²) in [6.45, 7) is 66.3. The Balaban J connectivity index is 0.000000143. The van der Waals surface area contributed by atoms with Gasteiger partial charge in [-0.3, -0.25) is 9.36 Å². The standard InChI is InChI=1S/2C13H17N.2C12H16N2.2C12H15N.2C11H13NO.2C11H13NS/c1-13(2,3)11-9-14(4)12-8-6-5-7-10(11)12;1-13(2,3)12-11-8-6-5-7-10(11)9-14(12)4;1-12(2,3)11-9-7-5-6-8-10(9)14(4)13-11;1-12(2,3)11-9-7-5-6-8-10(9)13-14(11)4;1-12(2,3)11-8-7-10-6-4-5-9-13(10)11;1-12(2,3)10-7-9-13-8-5-4-6-11(10)13;1-11(2,3)10-8-6-4-5-7-9(8)13-12-10;1-11(2,3)10-8-6-4-5-7-9(8)12-13-10;1-11(2,3)10-8-6-4-5-7-9(8)13-12-10;1-11(2,3)10-8-6-4-5-7-9(8)12-13-10/h2*5-9H,1-4H3;2*5-8H,1-4H3;2*4-9H,1-3H3;4*4-7H,1-3H3. The number of benzene rings is 8. The van der Waals surface area contributed by atoms with Crippen LogP contribution in [0, 0.1) is 0 Å². The molecule has 8 aromatic carbocycles. The van der Waals surface area contributed by atoms with Crippen LogP contribution in [0.1, 0.15) is 264 Å². The smallest absolute Gasteiger partial charge is 0.167 e. The van der Waals surface area contributed by atoms with Gasteiger partial charge in [-0.1, -0.05) is 370 Å². The maximum Gasteiger partial charge on any atom is 0.167 e. The topological polar surface area (TPSA) is 132 Å². The van der Waals surface area contributed by atoms with Crippen LogP contribution in [-0.4, -0.2) is 56.6 Å². The molecule has 0 spiro atoms. The third kappa shape index (κ3) is 25.1. The third-order valence-corrected chi connectivity index (χ3v) is 25.4. The van der Waals surface area contributed by atoms with Crippen LogP contribution in [0.4, 0.5) is 0 Å². The van der Waals surface area contributed by atoms with Crippen molar-refractivity contribution in [2.45, 2.75) is 262 Å². The zero-order valence-electron chi connectivity index (χ0n) is 86.6. The summed E-state index contributed by atoms with van der Waals surface area (Å²) in [7, 11) is 8.25. The number of hydrogen-bond acceptors (Lipinski definition) is 10. The van der Waals surface area contributed by atoms with E-state index in [0.29, 0.717) is 0 Å². The summed E-state index contributed by atoms with van der Waals surface area (Å²) in [4.78, 5) is 1.38. The highest BCUT2D eigenvalue weighted by atomic mass is 32.1. The number of fused-ring (bicyclic) bond motifs is 10. The number of pyridine rings is 2. The van der Waals surface area contributed by atoms with E-state index in [1.54, 1.807) is 23.1 Å². The van der Waals surface area contributed by atoms with Crippen LogP contribution in [0.25, 0.3) is 97.4 Å². The molecular formula is C118H148N12O2S2. The first-order valence-electron chi connectivity index (χ1n) is 47.0. The zero-order chi connectivity index (χ0) is 98.2. The number of hydrogen-bond donors (Lipinski definition) is 0. The van der Waals surface area contributed by atoms with Gasteiger partial charge in [0.2, 0.25) is 0 Å². The van der Waals surface area contributed by atoms with Gasteiger partial charge in [-0.25, -0.2) is 0 Å². The molecule has 0 saturated carbocycles. The Bertz CT molecular complexity index is 6400. The first-order chi connectivity index (χ1) is 62.5. The quantitative estimate of drug-likeness (QED) is 0.147. The summed E-state index contributed by atoms with van der Waals surface area (Å²) in [5.74, 6) is 0.961. The van der Waals surface area contributed by atoms with Crippen LogP contribution in [0.5, 0.6) is 0 Å². The molecule has 0 unspecified atom stereocenters. The molecule has 16 heteroatoms. The van der Waals surface area contributed by atoms with Gasteiger partial charge in [0, 0.05) is 173 Å². The van der Waals surface area contributed by atoms with Crippen LogP contribution in [0.2, 0.25) is 0 Å². The van der Waals surface area contributed by atoms with Crippen molar-refractivity contribution in [3.8, 4) is 0 Å². The molecule has 0 radical (unpaired) electrons. The van der Waals surface area contributed by atoms with Crippen molar-refractivity contribution in [3.05, 3.63) is 336 Å². The van der Waals surface area contributed by atoms with Crippen molar-refractivity contribution in [1.82, 2.24) is 56.6 Å². The van der Waals surface area contributed by atoms with E-state index in [-0.39, 0.29) is 54.1 Å². The van der Waals surface area contributed by atoms with E-state index >= 15 is 0 Å². The van der Waals surface area contributed by atoms with Crippen LogP contribution in [-0.2, 0) is 82.3 Å². The van der Waals surface area contributed by atoms with Gasteiger partial charge in [0.1, 0.15) is 11.3 Å². The highest BCUT2D eigenvalue weighted by Gasteiger charge is 2.29. The van der Waals surface area contributed by atoms with E-state index in [0.717, 1.165) is 44.4 Å². The molecule has 14 nitrogen and oxygen atoms in total. The second kappa shape index (κ2) is 41.1. The average molecular weight is 1830 g/mol. The molecule has 0 N–H and O–H groups in total. The normalized spacial score (nSPS) is 12.3. The third-order valence-electron chi connectivity index (χ3n) is 23.2. The lowest BCUT2D eigenvalue weighted by molar-refractivity contribution is 0.336. The molecule has 0 aliphatic rings. The lowest BCUT2D eigenvalue weighted by Gasteiger charge is -2.20. The number of rotatable bonds is 0. The largest absolute Gasteiger partial charge is 0.360 e. The lowest BCUT2D eigenvalue weighted by atomic mass is 9.87. The summed E-state index contributed by atoms with van der Waals surface area (Å²) < 4.78 is 33.6. The molecule has 0 aliphatic heterocycles. The molecule has 20 aromatic rings. The Hall–Kier alpha value is -12.0. The number of aryl methyl sites for hydroxylation is 4. The van der Waals surface area contributed by atoms with E-state index in [2.05, 4.69) is 488 Å². The number of para-hydroxylation sites is 3. The molecule has 12 aromatic heterocycles. The Kier molecular flexibility index (Phi) is 31.4. The predicted molar refractivity (Wildman–Crippen MR) is 576 cm³/mol. The van der Waals surface area contributed by atoms with Crippen LogP contribution >= 0.6 is 23.1 Å². The first-order valence-corrected chi connectivity index (χ1v) is 48.5. The van der Waals surface area contributed by atoms with Gasteiger partial charge in [-0.15, -0.1) is 0 Å². The molecule has 0 bridgehead atoms. The zero-order valence-corrected chi connectivity index (χ0v) is 88.2. The van der Waals surface area contributed by atoms with Gasteiger partial charge < -0.3 is 27.0 Å². The van der Waals surface area contributed by atoms with Crippen LogP contribution < -0.4 is 0 Å². The Morgan fingerprint density at radius 2 is 0.776 bits per heavy atom. The SMILES string of the molecule is CC(C)(C)c1ccc2ccccn12.CC(C)(C)c1ccn2ccccc12.CC(C)(C)c1noc2ccccc12.CC(C)(C)c1nsc2ccccc12.CC(C)(C)c1onc2ccccc12.CC(C)(C)c1snc2ccccc12.Cn1cc(C(C)(C)C)c2ccccc21.Cn1cc2ccccc2c1C(C)(C)C.Cn1nc(C(C)(C)C)c2ccccc21.Cn1nc2ccccc2c1C(C)(C)C. The summed E-state index contributed by atoms with van der Waals surface area (Å²) in [6.07, 6.45) is 10.8. The molecule has 0 atom stereocenters. The van der Waals surface area contributed by atoms with Crippen molar-refractivity contribution in [2.75, 3.05) is 0 Å². The van der Waals surface area contributed by atoms with Gasteiger partial charge in [0.15, 0.2) is 5.58 Å². The molecule has 0 fully saturated rings. The van der Waals surface area contributed by atoms with Crippen molar-refractivity contribution in [2.24, 2.45) is 28.2 Å². The fraction of sp³-hybridized carbons (Fsp3) is 0.373. The minimum atomic E-state index is 0.0239. The van der Waals surface area contributed by atoms with Gasteiger partial charge in [-0.2, -0.15) is 18.9 Å². The predicted octanol–water partition coefficient (Wildman–Crippen LogP) is 32.6. The van der Waals surface area contributed by atoms with Crippen LogP contribution in [0.15, 0.2) is 289 Å². The Morgan fingerprint density at radius 3 is 1.37 bits per heavy atom. The monoisotopic (exact) mass is 1830 g/mol. The summed E-state index contributed by atoms with van der Waals surface area (Å²) in [5, 5.41) is 28.6. The fourth-order valence-electron chi connectivity index (χ4n) is 17.0. The second-order valence-electron chi connectivity index (χ2n) is 45.4. The Labute approximate surface area is 806 Å². The van der Waals surface area contributed by atoms with Crippen molar-refractivity contribution < 1.29 is 9.05 Å².